The lowest BCUT2D eigenvalue weighted by Gasteiger charge is -2.37. The molecule has 1 saturated heterocycles. The highest BCUT2D eigenvalue weighted by Gasteiger charge is 2.44. The van der Waals surface area contributed by atoms with E-state index in [4.69, 9.17) is 0 Å². The Kier molecular flexibility index (Phi) is 8.10. The molecule has 0 atom stereocenters. The summed E-state index contributed by atoms with van der Waals surface area (Å²) in [5, 5.41) is 0. The van der Waals surface area contributed by atoms with E-state index in [1.807, 2.05) is 45.9 Å². The molecule has 11 heteroatoms. The van der Waals surface area contributed by atoms with Crippen molar-refractivity contribution in [3.05, 3.63) is 53.6 Å². The molecule has 0 aliphatic carbocycles. The number of nitrogens with zero attached hydrogens (tertiary/aromatic N) is 3. The van der Waals surface area contributed by atoms with Gasteiger partial charge in [-0.1, -0.05) is 26.5 Å². The van der Waals surface area contributed by atoms with Gasteiger partial charge in [0.15, 0.2) is 11.5 Å². The van der Waals surface area contributed by atoms with Crippen LogP contribution in [0.5, 0.6) is 11.5 Å². The van der Waals surface area contributed by atoms with Crippen LogP contribution in [0.15, 0.2) is 52.8 Å². The number of aryl methyl sites for hydroxylation is 1. The molecule has 1 fully saturated rings. The number of alkyl halides is 2. The van der Waals surface area contributed by atoms with E-state index < -0.39 is 16.3 Å². The lowest BCUT2D eigenvalue weighted by atomic mass is 10.1. The van der Waals surface area contributed by atoms with E-state index in [9.17, 15) is 17.2 Å². The maximum absolute atomic E-state index is 13.3. The Morgan fingerprint density at radius 2 is 1.82 bits per heavy atom. The maximum atomic E-state index is 13.3. The van der Waals surface area contributed by atoms with E-state index in [1.54, 1.807) is 0 Å². The molecule has 7 nitrogen and oxygen atoms in total. The lowest BCUT2D eigenvalue weighted by molar-refractivity contribution is -0.286. The Morgan fingerprint density at radius 1 is 1.18 bits per heavy atom. The Labute approximate surface area is 203 Å². The van der Waals surface area contributed by atoms with Gasteiger partial charge in [0, 0.05) is 30.9 Å². The van der Waals surface area contributed by atoms with Crippen LogP contribution in [-0.2, 0) is 10.0 Å². The second kappa shape index (κ2) is 10.5. The number of piperidine rings is 1. The van der Waals surface area contributed by atoms with E-state index in [0.29, 0.717) is 12.8 Å². The minimum Gasteiger partial charge on any atom is -0.395 e. The van der Waals surface area contributed by atoms with E-state index in [0.717, 1.165) is 22.5 Å². The van der Waals surface area contributed by atoms with Crippen molar-refractivity contribution in [3.63, 3.8) is 0 Å². The monoisotopic (exact) mass is 513 g/mol. The van der Waals surface area contributed by atoms with E-state index in [-0.39, 0.29) is 35.5 Å². The Bertz CT molecular complexity index is 1140. The van der Waals surface area contributed by atoms with Crippen LogP contribution in [-0.4, -0.2) is 43.1 Å². The molecule has 0 saturated carbocycles. The van der Waals surface area contributed by atoms with Crippen LogP contribution in [0.4, 0.5) is 14.6 Å². The van der Waals surface area contributed by atoms with Crippen LogP contribution >= 0.6 is 11.9 Å². The topological polar surface area (TPSA) is 72.0 Å². The molecule has 2 aromatic rings. The second-order valence-electron chi connectivity index (χ2n) is 7.67. The zero-order valence-corrected chi connectivity index (χ0v) is 21.3. The third-order valence-electron chi connectivity index (χ3n) is 5.12. The van der Waals surface area contributed by atoms with E-state index >= 15 is 0 Å². The maximum Gasteiger partial charge on any atom is 0.586 e. The summed E-state index contributed by atoms with van der Waals surface area (Å²) in [6.45, 7) is 12.4. The van der Waals surface area contributed by atoms with Crippen molar-refractivity contribution in [1.29, 1.82) is 0 Å². The Morgan fingerprint density at radius 3 is 2.44 bits per heavy atom. The van der Waals surface area contributed by atoms with Gasteiger partial charge in [-0.05, 0) is 67.8 Å². The molecule has 0 spiro atoms. The molecule has 2 aliphatic heterocycles. The molecular formula is C23H29F2N3O4S2. The van der Waals surface area contributed by atoms with Crippen LogP contribution in [0.1, 0.15) is 39.3 Å². The van der Waals surface area contributed by atoms with Crippen LogP contribution in [0.2, 0.25) is 0 Å². The van der Waals surface area contributed by atoms with Crippen molar-refractivity contribution in [2.45, 2.75) is 57.8 Å². The van der Waals surface area contributed by atoms with Crippen LogP contribution in [0.25, 0.3) is 0 Å². The molecule has 0 unspecified atom stereocenters. The van der Waals surface area contributed by atoms with Crippen LogP contribution in [0, 0.1) is 6.92 Å². The van der Waals surface area contributed by atoms with Gasteiger partial charge in [-0.25, -0.2) is 13.4 Å². The number of anilines is 1. The molecule has 1 aromatic carbocycles. The first kappa shape index (κ1) is 26.2. The van der Waals surface area contributed by atoms with Gasteiger partial charge in [-0.2, -0.15) is 4.31 Å². The number of ether oxygens (including phenoxy) is 2. The fraction of sp³-hybridized carbons (Fsp3) is 0.435. The first-order chi connectivity index (χ1) is 16.0. The number of sulfonamides is 1. The lowest BCUT2D eigenvalue weighted by Crippen LogP contribution is -2.45. The van der Waals surface area contributed by atoms with Crippen molar-refractivity contribution in [3.8, 4) is 11.5 Å². The largest absolute Gasteiger partial charge is 0.586 e. The minimum absolute atomic E-state index is 0.0629. The van der Waals surface area contributed by atoms with Crippen molar-refractivity contribution < 1.29 is 26.7 Å². The highest BCUT2D eigenvalue weighted by molar-refractivity contribution is 8.04. The molecule has 34 heavy (non-hydrogen) atoms. The first-order valence-corrected chi connectivity index (χ1v) is 13.2. The highest BCUT2D eigenvalue weighted by Crippen LogP contribution is 2.42. The zero-order chi connectivity index (χ0) is 25.1. The van der Waals surface area contributed by atoms with Gasteiger partial charge in [0.2, 0.25) is 10.0 Å². The highest BCUT2D eigenvalue weighted by atomic mass is 32.2. The van der Waals surface area contributed by atoms with Crippen molar-refractivity contribution in [2.75, 3.05) is 17.4 Å². The number of rotatable bonds is 6. The summed E-state index contributed by atoms with van der Waals surface area (Å²) in [6.07, 6.45) is -2.63. The van der Waals surface area contributed by atoms with Gasteiger partial charge in [0.05, 0.1) is 4.90 Å². The third-order valence-corrected chi connectivity index (χ3v) is 8.01. The van der Waals surface area contributed by atoms with Crippen molar-refractivity contribution in [2.24, 2.45) is 0 Å². The summed E-state index contributed by atoms with van der Waals surface area (Å²) < 4.78 is 65.0. The number of fused-ring (bicyclic) bond motifs is 1. The fourth-order valence-corrected chi connectivity index (χ4v) is 6.06. The number of pyridine rings is 1. The SMILES string of the molecule is C=C(C)SN(c1cccc(C)n1)C1CCN(S(=O)(=O)c2ccc3c(c2)OC(F)(F)O3)CC1.CC. The number of hydrogen-bond donors (Lipinski definition) is 0. The standard InChI is InChI=1S/C21H23F2N3O4S2.C2H6/c1-14(2)31-26(20-6-4-5-15(3)24-20)16-9-11-25(12-10-16)32(27,28)17-7-8-18-19(13-17)30-21(22,23)29-18;1-2/h4-8,13,16H,1,9-12H2,2-3H3;1-2H3. The average Bonchev–Trinajstić information content (AvgIpc) is 3.11. The molecule has 0 radical (unpaired) electrons. The molecular weight excluding hydrogens is 484 g/mol. The molecule has 0 N–H and O–H groups in total. The van der Waals surface area contributed by atoms with Crippen molar-refractivity contribution in [1.82, 2.24) is 9.29 Å². The number of halogens is 2. The first-order valence-electron chi connectivity index (χ1n) is 11.0. The van der Waals surface area contributed by atoms with Gasteiger partial charge in [-0.3, -0.25) is 4.31 Å². The summed E-state index contributed by atoms with van der Waals surface area (Å²) in [5.41, 5.74) is 0.892. The molecule has 3 heterocycles. The van der Waals surface area contributed by atoms with Gasteiger partial charge in [-0.15, -0.1) is 8.78 Å². The van der Waals surface area contributed by atoms with Gasteiger partial charge >= 0.3 is 6.29 Å². The predicted molar refractivity (Wildman–Crippen MR) is 130 cm³/mol. The minimum atomic E-state index is -3.87. The Balaban J connectivity index is 0.00000158. The molecule has 4 rings (SSSR count). The molecule has 0 amide bonds. The normalized spacial score (nSPS) is 17.6. The summed E-state index contributed by atoms with van der Waals surface area (Å²) in [5.74, 6) is 0.322. The smallest absolute Gasteiger partial charge is 0.395 e. The summed E-state index contributed by atoms with van der Waals surface area (Å²) in [7, 11) is -3.87. The second-order valence-corrected chi connectivity index (χ2v) is 10.9. The van der Waals surface area contributed by atoms with E-state index in [2.05, 4.69) is 25.3 Å². The third kappa shape index (κ3) is 5.81. The van der Waals surface area contributed by atoms with Gasteiger partial charge < -0.3 is 9.47 Å². The van der Waals surface area contributed by atoms with Gasteiger partial charge in [0.25, 0.3) is 0 Å². The molecule has 1 aromatic heterocycles. The molecule has 0 bridgehead atoms. The number of benzene rings is 1. The number of aromatic nitrogens is 1. The molecule has 186 valence electrons. The molecule has 2 aliphatic rings. The summed E-state index contributed by atoms with van der Waals surface area (Å²) in [4.78, 5) is 5.40. The van der Waals surface area contributed by atoms with Crippen LogP contribution < -0.4 is 13.8 Å². The zero-order valence-electron chi connectivity index (χ0n) is 19.6. The number of allylic oxidation sites excluding steroid dienone is 1. The summed E-state index contributed by atoms with van der Waals surface area (Å²) >= 11 is 1.49. The predicted octanol–water partition coefficient (Wildman–Crippen LogP) is 5.58. The quantitative estimate of drug-likeness (QED) is 0.467. The van der Waals surface area contributed by atoms with Crippen LogP contribution in [0.3, 0.4) is 0 Å². The fourth-order valence-electron chi connectivity index (χ4n) is 3.68. The average molecular weight is 514 g/mol. The summed E-state index contributed by atoms with van der Waals surface area (Å²) in [6, 6.07) is 9.37. The number of hydrogen-bond acceptors (Lipinski definition) is 7. The van der Waals surface area contributed by atoms with Gasteiger partial charge in [0.1, 0.15) is 5.82 Å². The Hall–Kier alpha value is -2.37. The van der Waals surface area contributed by atoms with Crippen molar-refractivity contribution >= 4 is 27.8 Å². The van der Waals surface area contributed by atoms with E-state index in [1.165, 1.54) is 28.4 Å².